The van der Waals surface area contributed by atoms with Crippen molar-refractivity contribution < 1.29 is 18.7 Å². The highest BCUT2D eigenvalue weighted by molar-refractivity contribution is 7.99. The zero-order chi connectivity index (χ0) is 21.0. The molecule has 0 bridgehead atoms. The normalized spacial score (nSPS) is 17.7. The molecule has 160 valence electrons. The van der Waals surface area contributed by atoms with Gasteiger partial charge in [-0.3, -0.25) is 4.79 Å². The fraction of sp³-hybridized carbons (Fsp3) is 0.348. The van der Waals surface area contributed by atoms with Crippen molar-refractivity contribution in [3.63, 3.8) is 0 Å². The lowest BCUT2D eigenvalue weighted by Gasteiger charge is -2.31. The topological polar surface area (TPSA) is 77.7 Å². The number of likely N-dealkylation sites (tertiary alicyclic amines) is 1. The van der Waals surface area contributed by atoms with E-state index in [9.17, 15) is 4.79 Å². The minimum atomic E-state index is 0.0621. The average Bonchev–Trinajstić information content (AvgIpc) is 3.49. The molecule has 0 radical (unpaired) electrons. The van der Waals surface area contributed by atoms with Crippen LogP contribution in [0, 0.1) is 0 Å². The van der Waals surface area contributed by atoms with Crippen molar-refractivity contribution in [2.24, 2.45) is 0 Å². The summed E-state index contributed by atoms with van der Waals surface area (Å²) < 4.78 is 16.7. The number of benzene rings is 2. The van der Waals surface area contributed by atoms with E-state index in [-0.39, 0.29) is 18.6 Å². The van der Waals surface area contributed by atoms with E-state index in [2.05, 4.69) is 22.3 Å². The molecule has 1 fully saturated rings. The molecule has 1 aromatic heterocycles. The zero-order valence-corrected chi connectivity index (χ0v) is 17.8. The van der Waals surface area contributed by atoms with E-state index in [0.717, 1.165) is 36.5 Å². The van der Waals surface area contributed by atoms with Gasteiger partial charge in [0.2, 0.25) is 24.5 Å². The van der Waals surface area contributed by atoms with Crippen molar-refractivity contribution in [1.29, 1.82) is 0 Å². The third kappa shape index (κ3) is 4.54. The number of amides is 1. The molecule has 0 saturated carbocycles. The van der Waals surface area contributed by atoms with Crippen LogP contribution in [0.4, 0.5) is 0 Å². The second kappa shape index (κ2) is 9.01. The second-order valence-corrected chi connectivity index (χ2v) is 8.66. The van der Waals surface area contributed by atoms with E-state index in [0.29, 0.717) is 29.8 Å². The fourth-order valence-corrected chi connectivity index (χ4v) is 4.76. The first-order valence-electron chi connectivity index (χ1n) is 10.4. The molecule has 0 N–H and O–H groups in total. The van der Waals surface area contributed by atoms with E-state index >= 15 is 0 Å². The summed E-state index contributed by atoms with van der Waals surface area (Å²) in [5, 5.41) is 8.49. The summed E-state index contributed by atoms with van der Waals surface area (Å²) in [5.41, 5.74) is 2.03. The second-order valence-electron chi connectivity index (χ2n) is 7.67. The van der Waals surface area contributed by atoms with E-state index in [1.54, 1.807) is 11.8 Å². The minimum Gasteiger partial charge on any atom is -0.454 e. The maximum absolute atomic E-state index is 12.7. The summed E-state index contributed by atoms with van der Waals surface area (Å²) >= 11 is 1.65. The predicted molar refractivity (Wildman–Crippen MR) is 117 cm³/mol. The van der Waals surface area contributed by atoms with Crippen LogP contribution in [0.25, 0.3) is 11.5 Å². The van der Waals surface area contributed by atoms with Gasteiger partial charge in [-0.15, -0.1) is 22.0 Å². The Hall–Kier alpha value is -3.00. The molecule has 1 atom stereocenters. The molecule has 3 heterocycles. The number of aromatic nitrogens is 2. The van der Waals surface area contributed by atoms with Crippen molar-refractivity contribution in [3.05, 3.63) is 60.0 Å². The van der Waals surface area contributed by atoms with Crippen molar-refractivity contribution >= 4 is 17.7 Å². The number of nitrogens with zero attached hydrogens (tertiary/aromatic N) is 3. The van der Waals surface area contributed by atoms with Crippen molar-refractivity contribution in [3.8, 4) is 23.0 Å². The number of ether oxygens (including phenoxy) is 2. The van der Waals surface area contributed by atoms with E-state index in [1.165, 1.54) is 5.56 Å². The molecule has 2 aromatic carbocycles. The Balaban J connectivity index is 1.19. The van der Waals surface area contributed by atoms with Crippen molar-refractivity contribution in [2.45, 2.75) is 24.5 Å². The molecule has 0 aliphatic carbocycles. The van der Waals surface area contributed by atoms with Gasteiger partial charge in [0, 0.05) is 24.4 Å². The molecule has 31 heavy (non-hydrogen) atoms. The first-order chi connectivity index (χ1) is 15.3. The SMILES string of the molecule is O=C(CSCc1ccccc1)N1CCCC(c2nnc(-c3ccc4c(c3)OCO4)o2)C1. The first-order valence-corrected chi connectivity index (χ1v) is 11.5. The predicted octanol–water partition coefficient (Wildman–Crippen LogP) is 4.10. The van der Waals surface area contributed by atoms with Crippen LogP contribution in [-0.2, 0) is 10.5 Å². The largest absolute Gasteiger partial charge is 0.454 e. The quantitative estimate of drug-likeness (QED) is 0.574. The Morgan fingerprint density at radius 1 is 1.10 bits per heavy atom. The van der Waals surface area contributed by atoms with Crippen LogP contribution >= 0.6 is 11.8 Å². The van der Waals surface area contributed by atoms with Crippen LogP contribution in [0.3, 0.4) is 0 Å². The zero-order valence-electron chi connectivity index (χ0n) is 17.0. The van der Waals surface area contributed by atoms with Crippen LogP contribution in [0.2, 0.25) is 0 Å². The smallest absolute Gasteiger partial charge is 0.247 e. The molecule has 3 aromatic rings. The highest BCUT2D eigenvalue weighted by atomic mass is 32.2. The summed E-state index contributed by atoms with van der Waals surface area (Å²) in [6, 6.07) is 15.8. The number of hydrogen-bond acceptors (Lipinski definition) is 7. The highest BCUT2D eigenvalue weighted by Gasteiger charge is 2.28. The Kier molecular flexibility index (Phi) is 5.80. The number of fused-ring (bicyclic) bond motifs is 1. The van der Waals surface area contributed by atoms with Gasteiger partial charge in [-0.2, -0.15) is 0 Å². The Morgan fingerprint density at radius 3 is 2.87 bits per heavy atom. The fourth-order valence-electron chi connectivity index (χ4n) is 3.87. The molecule has 5 rings (SSSR count). The Morgan fingerprint density at radius 2 is 1.97 bits per heavy atom. The van der Waals surface area contributed by atoms with Gasteiger partial charge in [-0.1, -0.05) is 30.3 Å². The monoisotopic (exact) mass is 437 g/mol. The number of piperidine rings is 1. The van der Waals surface area contributed by atoms with E-state index < -0.39 is 0 Å². The number of carbonyl (C=O) groups is 1. The maximum atomic E-state index is 12.7. The molecule has 1 unspecified atom stereocenters. The first kappa shape index (κ1) is 19.9. The molecule has 0 spiro atoms. The molecule has 7 nitrogen and oxygen atoms in total. The molecule has 8 heteroatoms. The van der Waals surface area contributed by atoms with E-state index in [1.807, 2.05) is 41.3 Å². The van der Waals surface area contributed by atoms with Crippen molar-refractivity contribution in [2.75, 3.05) is 25.6 Å². The van der Waals surface area contributed by atoms with Gasteiger partial charge in [0.1, 0.15) is 0 Å². The van der Waals surface area contributed by atoms with Gasteiger partial charge >= 0.3 is 0 Å². The van der Waals surface area contributed by atoms with Gasteiger partial charge in [0.05, 0.1) is 11.7 Å². The highest BCUT2D eigenvalue weighted by Crippen LogP contribution is 2.36. The van der Waals surface area contributed by atoms with Crippen LogP contribution in [0.15, 0.2) is 52.9 Å². The number of carbonyl (C=O) groups excluding carboxylic acids is 1. The van der Waals surface area contributed by atoms with Gasteiger partial charge < -0.3 is 18.8 Å². The molecule has 2 aliphatic rings. The van der Waals surface area contributed by atoms with E-state index in [4.69, 9.17) is 13.9 Å². The van der Waals surface area contributed by atoms with Crippen LogP contribution < -0.4 is 9.47 Å². The summed E-state index contributed by atoms with van der Waals surface area (Å²) in [6.07, 6.45) is 1.87. The minimum absolute atomic E-state index is 0.0621. The van der Waals surface area contributed by atoms with Gasteiger partial charge in [-0.25, -0.2) is 0 Å². The number of rotatable bonds is 6. The number of thioether (sulfide) groups is 1. The summed E-state index contributed by atoms with van der Waals surface area (Å²) in [5.74, 6) is 3.99. The molecule has 2 aliphatic heterocycles. The Bertz CT molecular complexity index is 1060. The third-order valence-electron chi connectivity index (χ3n) is 5.52. The Labute approximate surface area is 184 Å². The number of hydrogen-bond donors (Lipinski definition) is 0. The third-order valence-corrected chi connectivity index (χ3v) is 6.51. The van der Waals surface area contributed by atoms with Crippen LogP contribution in [0.1, 0.15) is 30.2 Å². The summed E-state index contributed by atoms with van der Waals surface area (Å²) in [6.45, 7) is 1.63. The summed E-state index contributed by atoms with van der Waals surface area (Å²) in [4.78, 5) is 14.6. The summed E-state index contributed by atoms with van der Waals surface area (Å²) in [7, 11) is 0. The van der Waals surface area contributed by atoms with Gasteiger partial charge in [-0.05, 0) is 36.6 Å². The lowest BCUT2D eigenvalue weighted by molar-refractivity contribution is -0.129. The molecule has 1 saturated heterocycles. The van der Waals surface area contributed by atoms with Gasteiger partial charge in [0.15, 0.2) is 11.5 Å². The standard InChI is InChI=1S/C23H23N3O4S/c27-21(14-31-13-16-5-2-1-3-6-16)26-10-4-7-18(12-26)23-25-24-22(30-23)17-8-9-19-20(11-17)29-15-28-19/h1-3,5-6,8-9,11,18H,4,7,10,12-15H2. The maximum Gasteiger partial charge on any atom is 0.247 e. The lowest BCUT2D eigenvalue weighted by atomic mass is 9.98. The van der Waals surface area contributed by atoms with Crippen LogP contribution in [0.5, 0.6) is 11.5 Å². The molecular weight excluding hydrogens is 414 g/mol. The van der Waals surface area contributed by atoms with Gasteiger partial charge in [0.25, 0.3) is 0 Å². The lowest BCUT2D eigenvalue weighted by Crippen LogP contribution is -2.40. The molecular formula is C23H23N3O4S. The van der Waals surface area contributed by atoms with Crippen LogP contribution in [-0.4, -0.2) is 46.6 Å². The molecule has 1 amide bonds. The van der Waals surface area contributed by atoms with Crippen molar-refractivity contribution in [1.82, 2.24) is 15.1 Å². The average molecular weight is 438 g/mol.